The zero-order valence-corrected chi connectivity index (χ0v) is 11.1. The van der Waals surface area contributed by atoms with Crippen LogP contribution in [-0.4, -0.2) is 32.8 Å². The zero-order valence-electron chi connectivity index (χ0n) is 11.1. The molecule has 0 bridgehead atoms. The first-order chi connectivity index (χ1) is 8.77. The van der Waals surface area contributed by atoms with E-state index in [1.807, 2.05) is 12.1 Å². The second-order valence-electron chi connectivity index (χ2n) is 3.98. The topological polar surface area (TPSA) is 47.6 Å². The SMILES string of the molecule is CCCOc1ccc(C(=O)NCCCOC)cc1. The second kappa shape index (κ2) is 8.53. The number of rotatable bonds is 8. The number of methoxy groups -OCH3 is 1. The number of hydrogen-bond donors (Lipinski definition) is 1. The summed E-state index contributed by atoms with van der Waals surface area (Å²) in [6.07, 6.45) is 1.79. The third-order valence-electron chi connectivity index (χ3n) is 2.40. The number of carbonyl (C=O) groups is 1. The molecule has 4 heteroatoms. The van der Waals surface area contributed by atoms with Gasteiger partial charge in [0.05, 0.1) is 6.61 Å². The van der Waals surface area contributed by atoms with E-state index in [0.717, 1.165) is 18.6 Å². The standard InChI is InChI=1S/C14H21NO3/c1-3-10-18-13-7-5-12(6-8-13)14(16)15-9-4-11-17-2/h5-8H,3-4,9-11H2,1-2H3,(H,15,16). The molecule has 1 aromatic carbocycles. The highest BCUT2D eigenvalue weighted by molar-refractivity contribution is 5.94. The van der Waals surface area contributed by atoms with E-state index in [4.69, 9.17) is 9.47 Å². The maximum atomic E-state index is 11.7. The molecule has 0 radical (unpaired) electrons. The molecule has 0 aliphatic heterocycles. The van der Waals surface area contributed by atoms with Crippen molar-refractivity contribution in [2.24, 2.45) is 0 Å². The lowest BCUT2D eigenvalue weighted by Gasteiger charge is -2.07. The first-order valence-corrected chi connectivity index (χ1v) is 6.28. The summed E-state index contributed by atoms with van der Waals surface area (Å²) in [6.45, 7) is 4.04. The lowest BCUT2D eigenvalue weighted by Crippen LogP contribution is -2.25. The summed E-state index contributed by atoms with van der Waals surface area (Å²) in [5.74, 6) is 0.737. The van der Waals surface area contributed by atoms with E-state index in [9.17, 15) is 4.79 Å². The molecule has 0 spiro atoms. The minimum atomic E-state index is -0.0619. The van der Waals surface area contributed by atoms with E-state index >= 15 is 0 Å². The van der Waals surface area contributed by atoms with Gasteiger partial charge in [-0.3, -0.25) is 4.79 Å². The van der Waals surface area contributed by atoms with Crippen molar-refractivity contribution in [3.63, 3.8) is 0 Å². The van der Waals surface area contributed by atoms with Gasteiger partial charge in [0.25, 0.3) is 5.91 Å². The molecule has 1 aromatic rings. The van der Waals surface area contributed by atoms with Crippen molar-refractivity contribution >= 4 is 5.91 Å². The largest absolute Gasteiger partial charge is 0.494 e. The van der Waals surface area contributed by atoms with Crippen LogP contribution >= 0.6 is 0 Å². The minimum absolute atomic E-state index is 0.0619. The number of ether oxygens (including phenoxy) is 2. The summed E-state index contributed by atoms with van der Waals surface area (Å²) in [7, 11) is 1.65. The molecule has 1 rings (SSSR count). The van der Waals surface area contributed by atoms with Gasteiger partial charge < -0.3 is 14.8 Å². The van der Waals surface area contributed by atoms with Crippen LogP contribution in [0.5, 0.6) is 5.75 Å². The van der Waals surface area contributed by atoms with Crippen LogP contribution in [0.4, 0.5) is 0 Å². The monoisotopic (exact) mass is 251 g/mol. The van der Waals surface area contributed by atoms with Gasteiger partial charge in [0.15, 0.2) is 0 Å². The van der Waals surface area contributed by atoms with E-state index in [-0.39, 0.29) is 5.91 Å². The molecule has 0 aliphatic rings. The fourth-order valence-electron chi connectivity index (χ4n) is 1.44. The number of nitrogens with one attached hydrogen (secondary N) is 1. The van der Waals surface area contributed by atoms with Crippen LogP contribution < -0.4 is 10.1 Å². The summed E-state index contributed by atoms with van der Waals surface area (Å²) in [4.78, 5) is 11.7. The maximum absolute atomic E-state index is 11.7. The summed E-state index contributed by atoms with van der Waals surface area (Å²) in [5.41, 5.74) is 0.649. The normalized spacial score (nSPS) is 10.1. The van der Waals surface area contributed by atoms with Gasteiger partial charge >= 0.3 is 0 Å². The third-order valence-corrected chi connectivity index (χ3v) is 2.40. The first-order valence-electron chi connectivity index (χ1n) is 6.28. The third kappa shape index (κ3) is 5.19. The highest BCUT2D eigenvalue weighted by Crippen LogP contribution is 2.12. The van der Waals surface area contributed by atoms with Crippen LogP contribution in [0.3, 0.4) is 0 Å². The van der Waals surface area contributed by atoms with E-state index in [1.165, 1.54) is 0 Å². The number of benzene rings is 1. The van der Waals surface area contributed by atoms with Crippen molar-refractivity contribution in [1.82, 2.24) is 5.32 Å². The van der Waals surface area contributed by atoms with Crippen molar-refractivity contribution < 1.29 is 14.3 Å². The number of amides is 1. The van der Waals surface area contributed by atoms with Gasteiger partial charge in [0.1, 0.15) is 5.75 Å². The Morgan fingerprint density at radius 2 is 1.94 bits per heavy atom. The van der Waals surface area contributed by atoms with E-state index in [1.54, 1.807) is 19.2 Å². The fraction of sp³-hybridized carbons (Fsp3) is 0.500. The average Bonchev–Trinajstić information content (AvgIpc) is 2.41. The van der Waals surface area contributed by atoms with Crippen molar-refractivity contribution in [3.05, 3.63) is 29.8 Å². The molecule has 18 heavy (non-hydrogen) atoms. The zero-order chi connectivity index (χ0) is 13.2. The smallest absolute Gasteiger partial charge is 0.251 e. The van der Waals surface area contributed by atoms with Gasteiger partial charge in [-0.2, -0.15) is 0 Å². The summed E-state index contributed by atoms with van der Waals surface area (Å²) in [6, 6.07) is 7.19. The molecule has 0 heterocycles. The highest BCUT2D eigenvalue weighted by atomic mass is 16.5. The Bertz CT molecular complexity index is 349. The molecule has 0 saturated heterocycles. The van der Waals surface area contributed by atoms with Crippen LogP contribution in [0.1, 0.15) is 30.1 Å². The van der Waals surface area contributed by atoms with Gasteiger partial charge in [-0.1, -0.05) is 6.92 Å². The Kier molecular flexibility index (Phi) is 6.87. The molecule has 0 aromatic heterocycles. The molecule has 0 atom stereocenters. The molecule has 1 N–H and O–H groups in total. The molecule has 4 nitrogen and oxygen atoms in total. The molecule has 0 saturated carbocycles. The van der Waals surface area contributed by atoms with Crippen LogP contribution in [0, 0.1) is 0 Å². The van der Waals surface area contributed by atoms with Crippen molar-refractivity contribution in [1.29, 1.82) is 0 Å². The Morgan fingerprint density at radius 3 is 2.56 bits per heavy atom. The fourth-order valence-corrected chi connectivity index (χ4v) is 1.44. The molecule has 0 fully saturated rings. The summed E-state index contributed by atoms with van der Waals surface area (Å²) >= 11 is 0. The molecule has 0 aliphatic carbocycles. The van der Waals surface area contributed by atoms with Crippen molar-refractivity contribution in [2.45, 2.75) is 19.8 Å². The Balaban J connectivity index is 2.38. The molecule has 1 amide bonds. The van der Waals surface area contributed by atoms with Gasteiger partial charge in [-0.05, 0) is 37.1 Å². The predicted octanol–water partition coefficient (Wildman–Crippen LogP) is 2.24. The van der Waals surface area contributed by atoms with Crippen LogP contribution in [-0.2, 0) is 4.74 Å². The lowest BCUT2D eigenvalue weighted by atomic mass is 10.2. The predicted molar refractivity (Wildman–Crippen MR) is 71.1 cm³/mol. The number of hydrogen-bond acceptors (Lipinski definition) is 3. The maximum Gasteiger partial charge on any atom is 0.251 e. The molecule has 0 unspecified atom stereocenters. The van der Waals surface area contributed by atoms with E-state index in [0.29, 0.717) is 25.3 Å². The Labute approximate surface area is 108 Å². The lowest BCUT2D eigenvalue weighted by molar-refractivity contribution is 0.0948. The van der Waals surface area contributed by atoms with Gasteiger partial charge in [0.2, 0.25) is 0 Å². The van der Waals surface area contributed by atoms with Crippen molar-refractivity contribution in [2.75, 3.05) is 26.9 Å². The molecular formula is C14H21NO3. The minimum Gasteiger partial charge on any atom is -0.494 e. The molecule has 100 valence electrons. The van der Waals surface area contributed by atoms with Gasteiger partial charge in [0, 0.05) is 25.8 Å². The highest BCUT2D eigenvalue weighted by Gasteiger charge is 2.04. The van der Waals surface area contributed by atoms with E-state index in [2.05, 4.69) is 12.2 Å². The summed E-state index contributed by atoms with van der Waals surface area (Å²) < 4.78 is 10.4. The Hall–Kier alpha value is -1.55. The first kappa shape index (κ1) is 14.5. The summed E-state index contributed by atoms with van der Waals surface area (Å²) in [5, 5.41) is 2.84. The van der Waals surface area contributed by atoms with Gasteiger partial charge in [-0.15, -0.1) is 0 Å². The Morgan fingerprint density at radius 1 is 1.22 bits per heavy atom. The number of carbonyl (C=O) groups excluding carboxylic acids is 1. The van der Waals surface area contributed by atoms with Crippen molar-refractivity contribution in [3.8, 4) is 5.75 Å². The second-order valence-corrected chi connectivity index (χ2v) is 3.98. The quantitative estimate of drug-likeness (QED) is 0.721. The van der Waals surface area contributed by atoms with Crippen LogP contribution in [0.15, 0.2) is 24.3 Å². The van der Waals surface area contributed by atoms with Gasteiger partial charge in [-0.25, -0.2) is 0 Å². The molecular weight excluding hydrogens is 230 g/mol. The van der Waals surface area contributed by atoms with Crippen LogP contribution in [0.2, 0.25) is 0 Å². The average molecular weight is 251 g/mol. The van der Waals surface area contributed by atoms with Crippen LogP contribution in [0.25, 0.3) is 0 Å². The van der Waals surface area contributed by atoms with E-state index < -0.39 is 0 Å².